The third kappa shape index (κ3) is 3.16. The second-order valence-electron chi connectivity index (χ2n) is 5.50. The Balaban J connectivity index is 1.63. The van der Waals surface area contributed by atoms with E-state index in [0.29, 0.717) is 18.7 Å². The zero-order valence-corrected chi connectivity index (χ0v) is 12.2. The van der Waals surface area contributed by atoms with Gasteiger partial charge in [0.1, 0.15) is 0 Å². The first-order valence-electron chi connectivity index (χ1n) is 7.36. The summed E-state index contributed by atoms with van der Waals surface area (Å²) in [6.45, 7) is 3.59. The largest absolute Gasteiger partial charge is 0.375 e. The summed E-state index contributed by atoms with van der Waals surface area (Å²) in [5.41, 5.74) is 6.79. The summed E-state index contributed by atoms with van der Waals surface area (Å²) >= 11 is 1.74. The molecule has 2 unspecified atom stereocenters. The minimum atomic E-state index is 0.463. The van der Waals surface area contributed by atoms with E-state index in [-0.39, 0.29) is 0 Å². The highest BCUT2D eigenvalue weighted by molar-refractivity contribution is 7.09. The van der Waals surface area contributed by atoms with Crippen molar-refractivity contribution in [3.05, 3.63) is 16.1 Å². The van der Waals surface area contributed by atoms with Crippen molar-refractivity contribution in [3.63, 3.8) is 0 Å². The summed E-state index contributed by atoms with van der Waals surface area (Å²) in [5.74, 6) is 0. The molecule has 1 saturated heterocycles. The van der Waals surface area contributed by atoms with Crippen LogP contribution in [0.2, 0.25) is 0 Å². The number of aromatic nitrogens is 1. The van der Waals surface area contributed by atoms with Gasteiger partial charge in [0.2, 0.25) is 0 Å². The standard InChI is InChI=1S/C14H23N3OS/c15-6-5-14-16-11(10-19-14)9-17-7-8-18-13-4-2-1-3-12(13)17/h10,12-13H,1-9,15H2. The lowest BCUT2D eigenvalue weighted by Gasteiger charge is -2.43. The number of nitrogens with two attached hydrogens (primary N) is 1. The molecule has 106 valence electrons. The summed E-state index contributed by atoms with van der Waals surface area (Å²) in [7, 11) is 0. The topological polar surface area (TPSA) is 51.4 Å². The van der Waals surface area contributed by atoms with Gasteiger partial charge in [0.05, 0.1) is 23.4 Å². The summed E-state index contributed by atoms with van der Waals surface area (Å²) in [5, 5.41) is 3.36. The first kappa shape index (κ1) is 13.5. The van der Waals surface area contributed by atoms with Crippen LogP contribution in [-0.4, -0.2) is 41.7 Å². The van der Waals surface area contributed by atoms with Gasteiger partial charge in [-0.3, -0.25) is 4.90 Å². The Labute approximate surface area is 119 Å². The summed E-state index contributed by atoms with van der Waals surface area (Å²) < 4.78 is 5.92. The van der Waals surface area contributed by atoms with E-state index in [4.69, 9.17) is 10.5 Å². The Hall–Kier alpha value is -0.490. The third-order valence-electron chi connectivity index (χ3n) is 4.17. The van der Waals surface area contributed by atoms with Crippen molar-refractivity contribution < 1.29 is 4.74 Å². The van der Waals surface area contributed by atoms with E-state index in [9.17, 15) is 0 Å². The van der Waals surface area contributed by atoms with Gasteiger partial charge < -0.3 is 10.5 Å². The minimum Gasteiger partial charge on any atom is -0.375 e. The highest BCUT2D eigenvalue weighted by Gasteiger charge is 2.34. The Kier molecular flexibility index (Phi) is 4.48. The van der Waals surface area contributed by atoms with Crippen molar-refractivity contribution in [2.75, 3.05) is 19.7 Å². The van der Waals surface area contributed by atoms with E-state index in [0.717, 1.165) is 26.1 Å². The molecule has 2 fully saturated rings. The normalized spacial score (nSPS) is 28.3. The molecule has 2 aliphatic rings. The van der Waals surface area contributed by atoms with Crippen molar-refractivity contribution >= 4 is 11.3 Å². The maximum absolute atomic E-state index is 5.92. The average Bonchev–Trinajstić information content (AvgIpc) is 2.87. The van der Waals surface area contributed by atoms with Gasteiger partial charge in [0, 0.05) is 30.9 Å². The fourth-order valence-electron chi connectivity index (χ4n) is 3.24. The van der Waals surface area contributed by atoms with E-state index in [1.165, 1.54) is 36.4 Å². The number of ether oxygens (including phenoxy) is 1. The number of thiazole rings is 1. The molecule has 5 heteroatoms. The smallest absolute Gasteiger partial charge is 0.0941 e. The molecule has 1 aliphatic heterocycles. The van der Waals surface area contributed by atoms with E-state index in [1.807, 2.05) is 0 Å². The quantitative estimate of drug-likeness (QED) is 0.914. The van der Waals surface area contributed by atoms with Gasteiger partial charge in [-0.15, -0.1) is 11.3 Å². The fourth-order valence-corrected chi connectivity index (χ4v) is 4.05. The second-order valence-corrected chi connectivity index (χ2v) is 6.45. The number of hydrogen-bond donors (Lipinski definition) is 1. The monoisotopic (exact) mass is 281 g/mol. The van der Waals surface area contributed by atoms with Gasteiger partial charge in [0.25, 0.3) is 0 Å². The van der Waals surface area contributed by atoms with Crippen LogP contribution in [-0.2, 0) is 17.7 Å². The van der Waals surface area contributed by atoms with E-state index in [2.05, 4.69) is 15.3 Å². The first-order valence-corrected chi connectivity index (χ1v) is 8.24. The summed E-state index contributed by atoms with van der Waals surface area (Å²) in [6, 6.07) is 0.613. The van der Waals surface area contributed by atoms with Gasteiger partial charge in [-0.25, -0.2) is 4.98 Å². The zero-order valence-electron chi connectivity index (χ0n) is 11.4. The molecule has 2 N–H and O–H groups in total. The van der Waals surface area contributed by atoms with Gasteiger partial charge >= 0.3 is 0 Å². The van der Waals surface area contributed by atoms with Crippen LogP contribution in [0.15, 0.2) is 5.38 Å². The lowest BCUT2D eigenvalue weighted by atomic mass is 9.90. The van der Waals surface area contributed by atoms with Crippen molar-refractivity contribution in [3.8, 4) is 0 Å². The Morgan fingerprint density at radius 1 is 1.42 bits per heavy atom. The molecule has 1 saturated carbocycles. The molecule has 0 aromatic carbocycles. The lowest BCUT2D eigenvalue weighted by Crippen LogP contribution is -2.52. The lowest BCUT2D eigenvalue weighted by molar-refractivity contribution is -0.0914. The van der Waals surface area contributed by atoms with Gasteiger partial charge in [0.15, 0.2) is 0 Å². The molecule has 0 bridgehead atoms. The molecule has 0 spiro atoms. The highest BCUT2D eigenvalue weighted by atomic mass is 32.1. The maximum Gasteiger partial charge on any atom is 0.0941 e. The van der Waals surface area contributed by atoms with E-state index < -0.39 is 0 Å². The van der Waals surface area contributed by atoms with Crippen molar-refractivity contribution in [2.45, 2.75) is 50.8 Å². The number of hydrogen-bond acceptors (Lipinski definition) is 5. The molecule has 1 aliphatic carbocycles. The third-order valence-corrected chi connectivity index (χ3v) is 5.13. The molecule has 0 amide bonds. The number of fused-ring (bicyclic) bond motifs is 1. The zero-order chi connectivity index (χ0) is 13.1. The number of morpholine rings is 1. The van der Waals surface area contributed by atoms with Crippen molar-refractivity contribution in [1.29, 1.82) is 0 Å². The molecule has 2 atom stereocenters. The van der Waals surface area contributed by atoms with Crippen LogP contribution in [0.1, 0.15) is 36.4 Å². The van der Waals surface area contributed by atoms with Crippen molar-refractivity contribution in [2.24, 2.45) is 5.73 Å². The van der Waals surface area contributed by atoms with Crippen LogP contribution in [0.25, 0.3) is 0 Å². The molecule has 1 aromatic heterocycles. The maximum atomic E-state index is 5.92. The Morgan fingerprint density at radius 3 is 3.21 bits per heavy atom. The van der Waals surface area contributed by atoms with Gasteiger partial charge in [-0.2, -0.15) is 0 Å². The SMILES string of the molecule is NCCc1nc(CN2CCOC3CCCCC32)cs1. The second kappa shape index (κ2) is 6.31. The predicted octanol–water partition coefficient (Wildman–Crippen LogP) is 1.79. The van der Waals surface area contributed by atoms with E-state index in [1.54, 1.807) is 11.3 Å². The fraction of sp³-hybridized carbons (Fsp3) is 0.786. The summed E-state index contributed by atoms with van der Waals surface area (Å²) in [6.07, 6.45) is 6.55. The highest BCUT2D eigenvalue weighted by Crippen LogP contribution is 2.29. The molecule has 3 rings (SSSR count). The van der Waals surface area contributed by atoms with Crippen LogP contribution >= 0.6 is 11.3 Å². The number of nitrogens with zero attached hydrogens (tertiary/aromatic N) is 2. The predicted molar refractivity (Wildman–Crippen MR) is 77.3 cm³/mol. The van der Waals surface area contributed by atoms with Crippen LogP contribution in [0, 0.1) is 0 Å². The first-order chi connectivity index (χ1) is 9.36. The molecular weight excluding hydrogens is 258 g/mol. The van der Waals surface area contributed by atoms with Crippen LogP contribution in [0.4, 0.5) is 0 Å². The van der Waals surface area contributed by atoms with Crippen molar-refractivity contribution in [1.82, 2.24) is 9.88 Å². The molecule has 2 heterocycles. The van der Waals surface area contributed by atoms with E-state index >= 15 is 0 Å². The van der Waals surface area contributed by atoms with Crippen LogP contribution < -0.4 is 5.73 Å². The molecule has 0 radical (unpaired) electrons. The number of rotatable bonds is 4. The average molecular weight is 281 g/mol. The molecule has 1 aromatic rings. The molecule has 19 heavy (non-hydrogen) atoms. The van der Waals surface area contributed by atoms with Crippen LogP contribution in [0.5, 0.6) is 0 Å². The van der Waals surface area contributed by atoms with Gasteiger partial charge in [-0.1, -0.05) is 12.8 Å². The molecular formula is C14H23N3OS. The van der Waals surface area contributed by atoms with Crippen LogP contribution in [0.3, 0.4) is 0 Å². The summed E-state index contributed by atoms with van der Waals surface area (Å²) in [4.78, 5) is 7.27. The Bertz CT molecular complexity index is 407. The Morgan fingerprint density at radius 2 is 2.32 bits per heavy atom. The molecule has 4 nitrogen and oxygen atoms in total. The minimum absolute atomic E-state index is 0.463. The van der Waals surface area contributed by atoms with Gasteiger partial charge in [-0.05, 0) is 19.4 Å².